The van der Waals surface area contributed by atoms with Crippen LogP contribution in [0.1, 0.15) is 30.4 Å². The van der Waals surface area contributed by atoms with Crippen LogP contribution in [-0.2, 0) is 20.0 Å². The zero-order valence-corrected chi connectivity index (χ0v) is 15.8. The summed E-state index contributed by atoms with van der Waals surface area (Å²) in [7, 11) is 1.90. The fourth-order valence-electron chi connectivity index (χ4n) is 4.04. The predicted molar refractivity (Wildman–Crippen MR) is 102 cm³/mol. The number of rotatable bonds is 6. The van der Waals surface area contributed by atoms with Crippen LogP contribution < -0.4 is 5.56 Å². The maximum Gasteiger partial charge on any atom is 0.261 e. The van der Waals surface area contributed by atoms with Gasteiger partial charge in [-0.3, -0.25) is 18.9 Å². The van der Waals surface area contributed by atoms with Gasteiger partial charge < -0.3 is 0 Å². The third-order valence-electron chi connectivity index (χ3n) is 5.45. The summed E-state index contributed by atoms with van der Waals surface area (Å²) in [6, 6.07) is 8.79. The van der Waals surface area contributed by atoms with Gasteiger partial charge in [0, 0.05) is 31.9 Å². The Morgan fingerprint density at radius 2 is 2.07 bits per heavy atom. The Morgan fingerprint density at radius 3 is 2.82 bits per heavy atom. The first-order valence-electron chi connectivity index (χ1n) is 9.53. The van der Waals surface area contributed by atoms with Crippen LogP contribution in [0.5, 0.6) is 0 Å². The second kappa shape index (κ2) is 7.79. The Morgan fingerprint density at radius 1 is 1.25 bits per heavy atom. The van der Waals surface area contributed by atoms with E-state index in [1.54, 1.807) is 24.4 Å². The molecule has 1 atom stereocenters. The Bertz CT molecular complexity index is 1030. The van der Waals surface area contributed by atoms with E-state index in [1.807, 2.05) is 23.9 Å². The van der Waals surface area contributed by atoms with Crippen LogP contribution >= 0.6 is 0 Å². The van der Waals surface area contributed by atoms with Gasteiger partial charge in [0.15, 0.2) is 0 Å². The van der Waals surface area contributed by atoms with E-state index in [4.69, 9.17) is 0 Å². The maximum absolute atomic E-state index is 13.2. The van der Waals surface area contributed by atoms with Crippen LogP contribution in [0.25, 0.3) is 10.9 Å². The minimum atomic E-state index is -2.61. The van der Waals surface area contributed by atoms with Crippen molar-refractivity contribution in [3.05, 3.63) is 58.4 Å². The normalized spacial score (nSPS) is 17.8. The molecule has 148 valence electrons. The number of nitrogens with zero attached hydrogens (tertiary/aromatic N) is 5. The van der Waals surface area contributed by atoms with Gasteiger partial charge in [-0.25, -0.2) is 13.8 Å². The number of hydrogen-bond acceptors (Lipinski definition) is 4. The summed E-state index contributed by atoms with van der Waals surface area (Å²) in [4.78, 5) is 19.8. The highest BCUT2D eigenvalue weighted by atomic mass is 19.3. The van der Waals surface area contributed by atoms with Crippen LogP contribution in [0.15, 0.2) is 41.3 Å². The highest BCUT2D eigenvalue weighted by Gasteiger charge is 2.30. The molecule has 1 unspecified atom stereocenters. The number of aromatic nitrogens is 4. The van der Waals surface area contributed by atoms with Crippen LogP contribution in [0, 0.1) is 0 Å². The van der Waals surface area contributed by atoms with Gasteiger partial charge in [-0.2, -0.15) is 5.10 Å². The first-order chi connectivity index (χ1) is 13.5. The Labute approximate surface area is 161 Å². The van der Waals surface area contributed by atoms with Crippen LogP contribution in [0.2, 0.25) is 0 Å². The molecule has 3 aromatic rings. The zero-order chi connectivity index (χ0) is 19.7. The summed E-state index contributed by atoms with van der Waals surface area (Å²) < 4.78 is 29.5. The molecule has 0 saturated carbocycles. The summed E-state index contributed by atoms with van der Waals surface area (Å²) in [5, 5.41) is 4.57. The molecule has 1 aliphatic heterocycles. The second-order valence-electron chi connectivity index (χ2n) is 7.18. The molecular weight excluding hydrogens is 364 g/mol. The van der Waals surface area contributed by atoms with Gasteiger partial charge in [-0.15, -0.1) is 0 Å². The quantitative estimate of drug-likeness (QED) is 0.653. The molecule has 3 heterocycles. The Hall–Kier alpha value is -2.61. The minimum absolute atomic E-state index is 0.135. The number of hydrogen-bond donors (Lipinski definition) is 0. The van der Waals surface area contributed by atoms with E-state index >= 15 is 0 Å². The fourth-order valence-corrected chi connectivity index (χ4v) is 4.04. The molecule has 28 heavy (non-hydrogen) atoms. The summed E-state index contributed by atoms with van der Waals surface area (Å²) >= 11 is 0. The van der Waals surface area contributed by atoms with Gasteiger partial charge >= 0.3 is 0 Å². The van der Waals surface area contributed by atoms with Crippen molar-refractivity contribution in [2.24, 2.45) is 7.05 Å². The van der Waals surface area contributed by atoms with Crippen molar-refractivity contribution >= 4 is 10.9 Å². The lowest BCUT2D eigenvalue weighted by Gasteiger charge is -2.26. The van der Waals surface area contributed by atoms with Gasteiger partial charge in [-0.1, -0.05) is 12.1 Å². The average molecular weight is 387 g/mol. The van der Waals surface area contributed by atoms with Crippen molar-refractivity contribution in [3.8, 4) is 0 Å². The number of fused-ring (bicyclic) bond motifs is 1. The Kier molecular flexibility index (Phi) is 5.21. The molecule has 0 aliphatic carbocycles. The van der Waals surface area contributed by atoms with Gasteiger partial charge in [0.05, 0.1) is 23.5 Å². The smallest absolute Gasteiger partial charge is 0.261 e. The van der Waals surface area contributed by atoms with Gasteiger partial charge in [0.2, 0.25) is 0 Å². The number of likely N-dealkylation sites (tertiary alicyclic amines) is 1. The summed E-state index contributed by atoms with van der Waals surface area (Å²) in [5.74, 6) is 0.450. The molecular formula is C20H23F2N5O. The van der Waals surface area contributed by atoms with E-state index in [-0.39, 0.29) is 11.6 Å². The summed E-state index contributed by atoms with van der Waals surface area (Å²) in [6.45, 7) is 1.000. The van der Waals surface area contributed by atoms with E-state index < -0.39 is 13.0 Å². The van der Waals surface area contributed by atoms with Crippen molar-refractivity contribution in [1.29, 1.82) is 0 Å². The molecule has 1 saturated heterocycles. The minimum Gasteiger partial charge on any atom is -0.293 e. The first kappa shape index (κ1) is 18.7. The molecule has 1 aliphatic rings. The third kappa shape index (κ3) is 3.56. The number of aryl methyl sites for hydroxylation is 1. The van der Waals surface area contributed by atoms with Gasteiger partial charge in [0.25, 0.3) is 12.0 Å². The molecule has 0 radical (unpaired) electrons. The molecule has 2 aromatic heterocycles. The van der Waals surface area contributed by atoms with Gasteiger partial charge in [-0.05, 0) is 37.6 Å². The van der Waals surface area contributed by atoms with E-state index in [0.29, 0.717) is 16.7 Å². The molecule has 0 amide bonds. The second-order valence-corrected chi connectivity index (χ2v) is 7.18. The van der Waals surface area contributed by atoms with E-state index in [9.17, 15) is 13.6 Å². The zero-order valence-electron chi connectivity index (χ0n) is 15.8. The fraction of sp³-hybridized carbons (Fsp3) is 0.450. The largest absolute Gasteiger partial charge is 0.293 e. The molecule has 6 nitrogen and oxygen atoms in total. The van der Waals surface area contributed by atoms with Crippen molar-refractivity contribution in [3.63, 3.8) is 0 Å². The Balaban J connectivity index is 1.69. The number of benzene rings is 1. The van der Waals surface area contributed by atoms with Crippen molar-refractivity contribution in [1.82, 2.24) is 24.2 Å². The molecule has 1 aromatic carbocycles. The van der Waals surface area contributed by atoms with Crippen molar-refractivity contribution in [2.75, 3.05) is 13.1 Å². The van der Waals surface area contributed by atoms with Crippen LogP contribution in [0.3, 0.4) is 0 Å². The SMILES string of the molecule is Cn1nccc1CCN1CCCC1c1nc2ccccc2c(=O)n1CC(F)F. The maximum atomic E-state index is 13.2. The standard InChI is InChI=1S/C20H23F2N5O/c1-25-14(8-10-23-25)9-12-26-11-4-7-17(26)19-24-16-6-3-2-5-15(16)20(28)27(19)13-18(21)22/h2-3,5-6,8,10,17-18H,4,7,9,11-13H2,1H3. The lowest BCUT2D eigenvalue weighted by molar-refractivity contribution is 0.120. The predicted octanol–water partition coefficient (Wildman–Crippen LogP) is 2.77. The van der Waals surface area contributed by atoms with Gasteiger partial charge in [0.1, 0.15) is 5.82 Å². The molecule has 1 fully saturated rings. The molecule has 8 heteroatoms. The van der Waals surface area contributed by atoms with E-state index in [2.05, 4.69) is 15.0 Å². The topological polar surface area (TPSA) is 56.0 Å². The molecule has 0 N–H and O–H groups in total. The lowest BCUT2D eigenvalue weighted by atomic mass is 10.1. The average Bonchev–Trinajstić information content (AvgIpc) is 3.30. The lowest BCUT2D eigenvalue weighted by Crippen LogP contribution is -2.34. The van der Waals surface area contributed by atoms with E-state index in [0.717, 1.165) is 38.0 Å². The highest BCUT2D eigenvalue weighted by molar-refractivity contribution is 5.77. The highest BCUT2D eigenvalue weighted by Crippen LogP contribution is 2.31. The summed E-state index contributed by atoms with van der Waals surface area (Å²) in [6.07, 6.45) is 1.72. The van der Waals surface area contributed by atoms with Crippen molar-refractivity contribution in [2.45, 2.75) is 38.3 Å². The number of para-hydroxylation sites is 1. The van der Waals surface area contributed by atoms with Crippen LogP contribution in [0.4, 0.5) is 8.78 Å². The monoisotopic (exact) mass is 387 g/mol. The van der Waals surface area contributed by atoms with Crippen molar-refractivity contribution < 1.29 is 8.78 Å². The summed E-state index contributed by atoms with van der Waals surface area (Å²) in [5.41, 5.74) is 1.29. The molecule has 0 bridgehead atoms. The third-order valence-corrected chi connectivity index (χ3v) is 5.45. The molecule has 4 rings (SSSR count). The number of halogens is 2. The molecule has 0 spiro atoms. The van der Waals surface area contributed by atoms with Crippen LogP contribution in [-0.4, -0.2) is 43.7 Å². The number of alkyl halides is 2. The van der Waals surface area contributed by atoms with E-state index in [1.165, 1.54) is 4.57 Å². The first-order valence-corrected chi connectivity index (χ1v) is 9.53.